The number of aromatic nitrogens is 1. The van der Waals surface area contributed by atoms with Crippen LogP contribution in [0, 0.1) is 32.0 Å². The predicted octanol–water partition coefficient (Wildman–Crippen LogP) is 6.38. The summed E-state index contributed by atoms with van der Waals surface area (Å²) in [5.74, 6) is -1.35. The van der Waals surface area contributed by atoms with E-state index in [1.165, 1.54) is 6.07 Å². The fourth-order valence-electron chi connectivity index (χ4n) is 4.50. The van der Waals surface area contributed by atoms with E-state index in [2.05, 4.69) is 18.7 Å². The zero-order valence-electron chi connectivity index (χ0n) is 21.2. The topological polar surface area (TPSA) is 62.7 Å². The molecule has 1 fully saturated rings. The van der Waals surface area contributed by atoms with Gasteiger partial charge in [-0.15, -0.1) is 0 Å². The number of pyridine rings is 1. The van der Waals surface area contributed by atoms with Crippen LogP contribution in [0.5, 0.6) is 0 Å². The van der Waals surface area contributed by atoms with E-state index in [1.54, 1.807) is 13.0 Å². The van der Waals surface area contributed by atoms with Gasteiger partial charge in [-0.25, -0.2) is 9.18 Å². The summed E-state index contributed by atoms with van der Waals surface area (Å²) < 4.78 is 20.7. The first-order chi connectivity index (χ1) is 15.2. The second-order valence-corrected chi connectivity index (χ2v) is 11.0. The standard InChI is InChI=1S/C27H37FN2O3/c1-16-9-10-19(15-20(16)28)21-17(2)29-18(3)22(24(25(31)32)33-26(4,5)6)23(21)30-13-11-27(7,8)12-14-30/h9-10,15,24H,11-14H2,1-8H3,(H,31,32)/t24-/m0/s1. The number of piperidine rings is 1. The van der Waals surface area contributed by atoms with Crippen molar-refractivity contribution in [2.24, 2.45) is 5.41 Å². The number of benzene rings is 1. The molecule has 0 bridgehead atoms. The van der Waals surface area contributed by atoms with Crippen molar-refractivity contribution in [2.45, 2.75) is 79.9 Å². The third-order valence-corrected chi connectivity index (χ3v) is 6.43. The number of carboxylic acid groups (broad SMARTS) is 1. The average Bonchev–Trinajstić information content (AvgIpc) is 2.68. The van der Waals surface area contributed by atoms with Gasteiger partial charge in [0.25, 0.3) is 0 Å². The number of halogens is 1. The van der Waals surface area contributed by atoms with E-state index in [4.69, 9.17) is 9.72 Å². The number of nitrogens with zero attached hydrogens (tertiary/aromatic N) is 2. The summed E-state index contributed by atoms with van der Waals surface area (Å²) in [6, 6.07) is 5.17. The van der Waals surface area contributed by atoms with E-state index in [1.807, 2.05) is 40.7 Å². The molecule has 1 aromatic heterocycles. The van der Waals surface area contributed by atoms with E-state index in [0.717, 1.165) is 42.9 Å². The normalized spacial score (nSPS) is 17.2. The first kappa shape index (κ1) is 25.2. The molecule has 1 N–H and O–H groups in total. The highest BCUT2D eigenvalue weighted by Crippen LogP contribution is 2.45. The van der Waals surface area contributed by atoms with Crippen molar-refractivity contribution in [3.63, 3.8) is 0 Å². The molecular weight excluding hydrogens is 419 g/mol. The molecule has 0 radical (unpaired) electrons. The number of ether oxygens (including phenoxy) is 1. The molecule has 0 aliphatic carbocycles. The van der Waals surface area contributed by atoms with Crippen molar-refractivity contribution in [1.29, 1.82) is 0 Å². The van der Waals surface area contributed by atoms with Crippen LogP contribution in [-0.4, -0.2) is 34.8 Å². The van der Waals surface area contributed by atoms with Gasteiger partial charge < -0.3 is 14.7 Å². The third-order valence-electron chi connectivity index (χ3n) is 6.43. The first-order valence-corrected chi connectivity index (χ1v) is 11.6. The minimum absolute atomic E-state index is 0.220. The van der Waals surface area contributed by atoms with Gasteiger partial charge in [0.2, 0.25) is 0 Å². The molecule has 180 valence electrons. The number of aliphatic carboxylic acids is 1. The summed E-state index contributed by atoms with van der Waals surface area (Å²) in [6.45, 7) is 17.1. The summed E-state index contributed by atoms with van der Waals surface area (Å²) in [6.07, 6.45) is 0.774. The van der Waals surface area contributed by atoms with Gasteiger partial charge in [0.1, 0.15) is 5.82 Å². The molecule has 1 aliphatic heterocycles. The Kier molecular flexibility index (Phi) is 6.90. The fourth-order valence-corrected chi connectivity index (χ4v) is 4.50. The molecule has 0 amide bonds. The van der Waals surface area contributed by atoms with E-state index >= 15 is 0 Å². The molecule has 1 saturated heterocycles. The largest absolute Gasteiger partial charge is 0.479 e. The Bertz CT molecular complexity index is 1050. The Morgan fingerprint density at radius 1 is 1.15 bits per heavy atom. The number of carbonyl (C=O) groups is 1. The van der Waals surface area contributed by atoms with E-state index in [9.17, 15) is 14.3 Å². The van der Waals surface area contributed by atoms with Gasteiger partial charge in [-0.2, -0.15) is 0 Å². The summed E-state index contributed by atoms with van der Waals surface area (Å²) >= 11 is 0. The first-order valence-electron chi connectivity index (χ1n) is 11.6. The van der Waals surface area contributed by atoms with Crippen LogP contribution in [0.3, 0.4) is 0 Å². The monoisotopic (exact) mass is 456 g/mol. The molecule has 1 aromatic carbocycles. The molecule has 2 heterocycles. The van der Waals surface area contributed by atoms with Crippen molar-refractivity contribution in [3.05, 3.63) is 46.5 Å². The maximum atomic E-state index is 14.6. The van der Waals surface area contributed by atoms with Gasteiger partial charge >= 0.3 is 5.97 Å². The molecule has 0 unspecified atom stereocenters. The van der Waals surface area contributed by atoms with E-state index < -0.39 is 17.7 Å². The molecule has 6 heteroatoms. The Morgan fingerprint density at radius 3 is 2.27 bits per heavy atom. The summed E-state index contributed by atoms with van der Waals surface area (Å²) in [5, 5.41) is 10.2. The van der Waals surface area contributed by atoms with Crippen LogP contribution in [0.4, 0.5) is 10.1 Å². The number of anilines is 1. The van der Waals surface area contributed by atoms with Crippen LogP contribution >= 0.6 is 0 Å². The quantitative estimate of drug-likeness (QED) is 0.566. The minimum atomic E-state index is -1.18. The fraction of sp³-hybridized carbons (Fsp3) is 0.556. The summed E-state index contributed by atoms with van der Waals surface area (Å²) in [4.78, 5) is 19.4. The Hall–Kier alpha value is -2.47. The summed E-state index contributed by atoms with van der Waals surface area (Å²) in [7, 11) is 0. The number of carboxylic acids is 1. The number of aryl methyl sites for hydroxylation is 3. The van der Waals surface area contributed by atoms with Gasteiger partial charge in [0.15, 0.2) is 6.10 Å². The second-order valence-electron chi connectivity index (χ2n) is 11.0. The van der Waals surface area contributed by atoms with E-state index in [-0.39, 0.29) is 11.2 Å². The van der Waals surface area contributed by atoms with Crippen molar-refractivity contribution in [1.82, 2.24) is 4.98 Å². The van der Waals surface area contributed by atoms with Gasteiger partial charge in [0.05, 0.1) is 11.3 Å². The van der Waals surface area contributed by atoms with Crippen molar-refractivity contribution in [3.8, 4) is 11.1 Å². The average molecular weight is 457 g/mol. The molecule has 0 saturated carbocycles. The molecule has 1 aliphatic rings. The third kappa shape index (κ3) is 5.55. The molecular formula is C27H37FN2O3. The highest BCUT2D eigenvalue weighted by molar-refractivity contribution is 5.88. The molecule has 3 rings (SSSR count). The van der Waals surface area contributed by atoms with Crippen LogP contribution in [0.1, 0.15) is 76.1 Å². The van der Waals surface area contributed by atoms with Crippen molar-refractivity contribution >= 4 is 11.7 Å². The highest BCUT2D eigenvalue weighted by atomic mass is 19.1. The lowest BCUT2D eigenvalue weighted by Crippen LogP contribution is -2.39. The smallest absolute Gasteiger partial charge is 0.337 e. The lowest BCUT2D eigenvalue weighted by molar-refractivity contribution is -0.160. The molecule has 33 heavy (non-hydrogen) atoms. The van der Waals surface area contributed by atoms with Gasteiger partial charge in [-0.1, -0.05) is 26.0 Å². The van der Waals surface area contributed by atoms with Gasteiger partial charge in [-0.05, 0) is 77.0 Å². The Morgan fingerprint density at radius 2 is 1.76 bits per heavy atom. The SMILES string of the molecule is Cc1ccc(-c2c(C)nc(C)c([C@H](OC(C)(C)C)C(=O)O)c2N2CCC(C)(C)CC2)cc1F. The lowest BCUT2D eigenvalue weighted by Gasteiger charge is -2.41. The van der Waals surface area contributed by atoms with Crippen LogP contribution < -0.4 is 4.90 Å². The van der Waals surface area contributed by atoms with Crippen molar-refractivity contribution < 1.29 is 19.0 Å². The van der Waals surface area contributed by atoms with Crippen LogP contribution in [0.15, 0.2) is 18.2 Å². The molecule has 5 nitrogen and oxygen atoms in total. The Balaban J connectivity index is 2.32. The maximum Gasteiger partial charge on any atom is 0.337 e. The number of rotatable bonds is 5. The Labute approximate surface area is 197 Å². The van der Waals surface area contributed by atoms with Crippen LogP contribution in [-0.2, 0) is 9.53 Å². The van der Waals surface area contributed by atoms with Crippen LogP contribution in [0.25, 0.3) is 11.1 Å². The predicted molar refractivity (Wildman–Crippen MR) is 130 cm³/mol. The zero-order valence-corrected chi connectivity index (χ0v) is 21.2. The molecule has 0 spiro atoms. The zero-order chi connectivity index (χ0) is 24.7. The lowest BCUT2D eigenvalue weighted by atomic mass is 9.81. The molecule has 2 aromatic rings. The summed E-state index contributed by atoms with van der Waals surface area (Å²) in [5.41, 5.74) is 4.32. The second kappa shape index (κ2) is 9.05. The van der Waals surface area contributed by atoms with Crippen molar-refractivity contribution in [2.75, 3.05) is 18.0 Å². The van der Waals surface area contributed by atoms with Gasteiger partial charge in [-0.3, -0.25) is 4.98 Å². The van der Waals surface area contributed by atoms with E-state index in [0.29, 0.717) is 22.4 Å². The minimum Gasteiger partial charge on any atom is -0.479 e. The molecule has 1 atom stereocenters. The number of hydrogen-bond donors (Lipinski definition) is 1. The van der Waals surface area contributed by atoms with Crippen LogP contribution in [0.2, 0.25) is 0 Å². The van der Waals surface area contributed by atoms with Gasteiger partial charge in [0, 0.05) is 35.6 Å². The highest BCUT2D eigenvalue weighted by Gasteiger charge is 2.36. The number of hydrogen-bond acceptors (Lipinski definition) is 4. The maximum absolute atomic E-state index is 14.6.